The van der Waals surface area contributed by atoms with Crippen LogP contribution in [0, 0.1) is 0 Å². The molecular formula is C12H20N4O2. The lowest BCUT2D eigenvalue weighted by Crippen LogP contribution is -2.27. The summed E-state index contributed by atoms with van der Waals surface area (Å²) in [5.41, 5.74) is 0. The number of esters is 1. The van der Waals surface area contributed by atoms with Crippen molar-refractivity contribution in [1.82, 2.24) is 9.97 Å². The first kappa shape index (κ1) is 14.2. The van der Waals surface area contributed by atoms with E-state index in [1.54, 1.807) is 11.9 Å². The zero-order valence-electron chi connectivity index (χ0n) is 11.4. The van der Waals surface area contributed by atoms with Crippen molar-refractivity contribution in [3.8, 4) is 0 Å². The van der Waals surface area contributed by atoms with E-state index in [0.717, 1.165) is 18.8 Å². The Balaban J connectivity index is 2.77. The van der Waals surface area contributed by atoms with Gasteiger partial charge in [0, 0.05) is 26.7 Å². The van der Waals surface area contributed by atoms with Crippen molar-refractivity contribution >= 4 is 17.6 Å². The molecule has 0 aliphatic carbocycles. The maximum atomic E-state index is 11.2. The number of rotatable bonds is 6. The second kappa shape index (κ2) is 6.78. The van der Waals surface area contributed by atoms with Gasteiger partial charge in [-0.05, 0) is 6.42 Å². The van der Waals surface area contributed by atoms with Gasteiger partial charge in [0.1, 0.15) is 24.5 Å². The summed E-state index contributed by atoms with van der Waals surface area (Å²) in [7, 11) is 5.15. The predicted molar refractivity (Wildman–Crippen MR) is 70.9 cm³/mol. The van der Waals surface area contributed by atoms with Crippen molar-refractivity contribution < 1.29 is 9.53 Å². The van der Waals surface area contributed by atoms with E-state index >= 15 is 0 Å². The summed E-state index contributed by atoms with van der Waals surface area (Å²) in [5, 5.41) is 0. The molecule has 0 saturated carbocycles. The van der Waals surface area contributed by atoms with Crippen LogP contribution in [-0.4, -0.2) is 50.2 Å². The molecule has 1 rings (SSSR count). The molecule has 0 fully saturated rings. The minimum atomic E-state index is -0.292. The van der Waals surface area contributed by atoms with Crippen LogP contribution >= 0.6 is 0 Å². The summed E-state index contributed by atoms with van der Waals surface area (Å²) >= 11 is 0. The highest BCUT2D eigenvalue weighted by atomic mass is 16.5. The SMILES string of the molecule is CCCN(C)c1cc(N(C)CC(=O)OC)ncn1. The van der Waals surface area contributed by atoms with Gasteiger partial charge in [0.25, 0.3) is 0 Å². The van der Waals surface area contributed by atoms with Crippen LogP contribution in [0.2, 0.25) is 0 Å². The molecule has 18 heavy (non-hydrogen) atoms. The molecule has 1 aromatic rings. The molecule has 0 unspecified atom stereocenters. The van der Waals surface area contributed by atoms with Crippen molar-refractivity contribution in [1.29, 1.82) is 0 Å². The average molecular weight is 252 g/mol. The molecule has 0 amide bonds. The zero-order chi connectivity index (χ0) is 13.5. The first-order chi connectivity index (χ1) is 8.58. The molecular weight excluding hydrogens is 232 g/mol. The number of hydrogen-bond acceptors (Lipinski definition) is 6. The van der Waals surface area contributed by atoms with Crippen LogP contribution in [0.3, 0.4) is 0 Å². The average Bonchev–Trinajstić information content (AvgIpc) is 2.39. The van der Waals surface area contributed by atoms with Gasteiger partial charge < -0.3 is 14.5 Å². The Morgan fingerprint density at radius 3 is 2.44 bits per heavy atom. The summed E-state index contributed by atoms with van der Waals surface area (Å²) in [6.45, 7) is 3.21. The van der Waals surface area contributed by atoms with E-state index in [2.05, 4.69) is 26.5 Å². The summed E-state index contributed by atoms with van der Waals surface area (Å²) < 4.78 is 4.62. The summed E-state index contributed by atoms with van der Waals surface area (Å²) in [6.07, 6.45) is 2.55. The van der Waals surface area contributed by atoms with E-state index in [0.29, 0.717) is 5.82 Å². The Hall–Kier alpha value is -1.85. The lowest BCUT2D eigenvalue weighted by molar-refractivity contribution is -0.138. The lowest BCUT2D eigenvalue weighted by atomic mass is 10.4. The molecule has 1 heterocycles. The fraction of sp³-hybridized carbons (Fsp3) is 0.583. The second-order valence-corrected chi connectivity index (χ2v) is 4.09. The Morgan fingerprint density at radius 2 is 1.89 bits per heavy atom. The van der Waals surface area contributed by atoms with Crippen molar-refractivity contribution in [3.63, 3.8) is 0 Å². The number of anilines is 2. The summed E-state index contributed by atoms with van der Waals surface area (Å²) in [6, 6.07) is 1.86. The van der Waals surface area contributed by atoms with E-state index in [-0.39, 0.29) is 12.5 Å². The van der Waals surface area contributed by atoms with Gasteiger partial charge in [-0.25, -0.2) is 9.97 Å². The maximum absolute atomic E-state index is 11.2. The molecule has 100 valence electrons. The number of nitrogens with zero attached hydrogens (tertiary/aromatic N) is 4. The van der Waals surface area contributed by atoms with Crippen molar-refractivity contribution in [2.24, 2.45) is 0 Å². The molecule has 6 heteroatoms. The van der Waals surface area contributed by atoms with E-state index in [1.807, 2.05) is 13.1 Å². The maximum Gasteiger partial charge on any atom is 0.325 e. The highest BCUT2D eigenvalue weighted by molar-refractivity contribution is 5.75. The first-order valence-electron chi connectivity index (χ1n) is 5.89. The van der Waals surface area contributed by atoms with Gasteiger partial charge in [-0.2, -0.15) is 0 Å². The van der Waals surface area contributed by atoms with Gasteiger partial charge in [0.05, 0.1) is 7.11 Å². The Bertz CT molecular complexity index is 397. The minimum Gasteiger partial charge on any atom is -0.468 e. The van der Waals surface area contributed by atoms with Gasteiger partial charge in [0.2, 0.25) is 0 Å². The summed E-state index contributed by atoms with van der Waals surface area (Å²) in [5.74, 6) is 1.26. The molecule has 0 aliphatic heterocycles. The molecule has 6 nitrogen and oxygen atoms in total. The van der Waals surface area contributed by atoms with Crippen molar-refractivity contribution in [3.05, 3.63) is 12.4 Å². The Labute approximate surface area is 108 Å². The molecule has 0 atom stereocenters. The number of methoxy groups -OCH3 is 1. The van der Waals surface area contributed by atoms with Crippen LogP contribution < -0.4 is 9.80 Å². The molecule has 0 N–H and O–H groups in total. The molecule has 0 bridgehead atoms. The highest BCUT2D eigenvalue weighted by Gasteiger charge is 2.10. The molecule has 0 saturated heterocycles. The van der Waals surface area contributed by atoms with Crippen LogP contribution in [0.15, 0.2) is 12.4 Å². The van der Waals surface area contributed by atoms with E-state index in [9.17, 15) is 4.79 Å². The first-order valence-corrected chi connectivity index (χ1v) is 5.89. The van der Waals surface area contributed by atoms with Crippen molar-refractivity contribution in [2.45, 2.75) is 13.3 Å². The number of carbonyl (C=O) groups is 1. The Kier molecular flexibility index (Phi) is 5.35. The predicted octanol–water partition coefficient (Wildman–Crippen LogP) is 0.932. The third-order valence-electron chi connectivity index (χ3n) is 2.57. The minimum absolute atomic E-state index is 0.171. The van der Waals surface area contributed by atoms with Crippen molar-refractivity contribution in [2.75, 3.05) is 44.1 Å². The van der Waals surface area contributed by atoms with E-state index in [4.69, 9.17) is 0 Å². The number of hydrogen-bond donors (Lipinski definition) is 0. The number of carbonyl (C=O) groups excluding carboxylic acids is 1. The van der Waals surface area contributed by atoms with Gasteiger partial charge in [-0.3, -0.25) is 4.79 Å². The number of likely N-dealkylation sites (N-methyl/N-ethyl adjacent to an activating group) is 1. The number of ether oxygens (including phenoxy) is 1. The number of aromatic nitrogens is 2. The zero-order valence-corrected chi connectivity index (χ0v) is 11.4. The van der Waals surface area contributed by atoms with Gasteiger partial charge in [0.15, 0.2) is 0 Å². The molecule has 1 aromatic heterocycles. The second-order valence-electron chi connectivity index (χ2n) is 4.09. The fourth-order valence-electron chi connectivity index (χ4n) is 1.54. The van der Waals surface area contributed by atoms with E-state index < -0.39 is 0 Å². The van der Waals surface area contributed by atoms with Crippen LogP contribution in [0.1, 0.15) is 13.3 Å². The van der Waals surface area contributed by atoms with Crippen LogP contribution in [-0.2, 0) is 9.53 Å². The van der Waals surface area contributed by atoms with Gasteiger partial charge in [-0.1, -0.05) is 6.92 Å². The summed E-state index contributed by atoms with van der Waals surface area (Å²) in [4.78, 5) is 23.3. The standard InChI is InChI=1S/C12H20N4O2/c1-5-6-15(2)10-7-11(14-9-13-10)16(3)8-12(17)18-4/h7,9H,5-6,8H2,1-4H3. The monoisotopic (exact) mass is 252 g/mol. The normalized spacial score (nSPS) is 10.0. The third kappa shape index (κ3) is 3.87. The lowest BCUT2D eigenvalue weighted by Gasteiger charge is -2.20. The Morgan fingerprint density at radius 1 is 1.28 bits per heavy atom. The largest absolute Gasteiger partial charge is 0.468 e. The van der Waals surface area contributed by atoms with Crippen LogP contribution in [0.5, 0.6) is 0 Å². The van der Waals surface area contributed by atoms with Crippen LogP contribution in [0.25, 0.3) is 0 Å². The third-order valence-corrected chi connectivity index (χ3v) is 2.57. The topological polar surface area (TPSA) is 58.6 Å². The quantitative estimate of drug-likeness (QED) is 0.702. The molecule has 0 radical (unpaired) electrons. The van der Waals surface area contributed by atoms with E-state index in [1.165, 1.54) is 13.4 Å². The van der Waals surface area contributed by atoms with Gasteiger partial charge >= 0.3 is 5.97 Å². The fourth-order valence-corrected chi connectivity index (χ4v) is 1.54. The molecule has 0 aromatic carbocycles. The van der Waals surface area contributed by atoms with Gasteiger partial charge in [-0.15, -0.1) is 0 Å². The smallest absolute Gasteiger partial charge is 0.325 e. The molecule has 0 aliphatic rings. The molecule has 0 spiro atoms. The highest BCUT2D eigenvalue weighted by Crippen LogP contribution is 2.15. The van der Waals surface area contributed by atoms with Crippen LogP contribution in [0.4, 0.5) is 11.6 Å².